The van der Waals surface area contributed by atoms with Gasteiger partial charge in [0, 0.05) is 0 Å². The molecule has 0 bridgehead atoms. The van der Waals surface area contributed by atoms with Crippen LogP contribution in [0.2, 0.25) is 0 Å². The third-order valence-electron chi connectivity index (χ3n) is 0.642. The molecule has 2 nitrogen and oxygen atoms in total. The molecule has 1 N–H and O–H groups in total. The number of carboxylic acids is 1. The fourth-order valence-electron chi connectivity index (χ4n) is 0. The van der Waals surface area contributed by atoms with E-state index >= 15 is 0 Å². The van der Waals surface area contributed by atoms with Gasteiger partial charge >= 0.3 is 51.5 Å². The zero-order chi connectivity index (χ0) is 6.08. The first-order chi connectivity index (χ1) is 2.94. The van der Waals surface area contributed by atoms with E-state index in [-0.39, 0.29) is 45.5 Å². The Bertz CT molecular complexity index is 82.9. The number of hydrogen-bond acceptors (Lipinski definition) is 1. The van der Waals surface area contributed by atoms with Gasteiger partial charge in [-0.25, -0.2) is 0 Å². The molecule has 0 aromatic carbocycles. The van der Waals surface area contributed by atoms with Gasteiger partial charge in [-0.05, 0) is 20.8 Å². The maximum atomic E-state index is 10.0. The molecular formula is C5H12O2Sr. The topological polar surface area (TPSA) is 37.3 Å². The Hall–Kier alpha value is 0.951. The van der Waals surface area contributed by atoms with Gasteiger partial charge in [-0.15, -0.1) is 0 Å². The second-order valence-electron chi connectivity index (χ2n) is 2.56. The molecule has 0 saturated carbocycles. The quantitative estimate of drug-likeness (QED) is 0.556. The summed E-state index contributed by atoms with van der Waals surface area (Å²) in [6, 6.07) is 0. The molecular weight excluding hydrogens is 180 g/mol. The second-order valence-corrected chi connectivity index (χ2v) is 2.56. The van der Waals surface area contributed by atoms with E-state index in [0.29, 0.717) is 0 Å². The minimum absolute atomic E-state index is 0. The SMILES string of the molecule is CC(C)(C)C(=O)O.[SrH2]. The van der Waals surface area contributed by atoms with Crippen molar-refractivity contribution in [1.29, 1.82) is 0 Å². The first-order valence-corrected chi connectivity index (χ1v) is 2.18. The van der Waals surface area contributed by atoms with Crippen LogP contribution in [0.25, 0.3) is 0 Å². The summed E-state index contributed by atoms with van der Waals surface area (Å²) in [6.07, 6.45) is 0. The average Bonchev–Trinajstić information content (AvgIpc) is 1.31. The van der Waals surface area contributed by atoms with Gasteiger partial charge < -0.3 is 5.11 Å². The van der Waals surface area contributed by atoms with Crippen LogP contribution < -0.4 is 0 Å². The summed E-state index contributed by atoms with van der Waals surface area (Å²) in [7, 11) is 0. The van der Waals surface area contributed by atoms with Crippen LogP contribution in [0.1, 0.15) is 20.8 Å². The fraction of sp³-hybridized carbons (Fsp3) is 0.800. The van der Waals surface area contributed by atoms with E-state index in [1.807, 2.05) is 0 Å². The minimum atomic E-state index is -0.757. The van der Waals surface area contributed by atoms with Gasteiger partial charge in [0.05, 0.1) is 5.41 Å². The summed E-state index contributed by atoms with van der Waals surface area (Å²) in [6.45, 7) is 4.99. The van der Waals surface area contributed by atoms with Crippen molar-refractivity contribution in [3.63, 3.8) is 0 Å². The summed E-state index contributed by atoms with van der Waals surface area (Å²) in [5.41, 5.74) is -0.583. The van der Waals surface area contributed by atoms with Crippen LogP contribution in [0, 0.1) is 5.41 Å². The van der Waals surface area contributed by atoms with E-state index in [1.165, 1.54) is 0 Å². The van der Waals surface area contributed by atoms with E-state index in [9.17, 15) is 4.79 Å². The molecule has 0 heterocycles. The Morgan fingerprint density at radius 3 is 1.50 bits per heavy atom. The first kappa shape index (κ1) is 11.7. The van der Waals surface area contributed by atoms with E-state index in [0.717, 1.165) is 0 Å². The van der Waals surface area contributed by atoms with Crippen LogP contribution in [0.15, 0.2) is 0 Å². The van der Waals surface area contributed by atoms with E-state index in [1.54, 1.807) is 20.8 Å². The number of carbonyl (C=O) groups is 1. The van der Waals surface area contributed by atoms with Crippen molar-refractivity contribution in [3.8, 4) is 0 Å². The molecule has 0 aromatic rings. The van der Waals surface area contributed by atoms with Crippen LogP contribution >= 0.6 is 0 Å². The average molecular weight is 192 g/mol. The Kier molecular flexibility index (Phi) is 5.68. The van der Waals surface area contributed by atoms with E-state index < -0.39 is 11.4 Å². The third-order valence-corrected chi connectivity index (χ3v) is 0.642. The predicted molar refractivity (Wildman–Crippen MR) is 35.6 cm³/mol. The van der Waals surface area contributed by atoms with Gasteiger partial charge in [-0.3, -0.25) is 4.79 Å². The summed E-state index contributed by atoms with van der Waals surface area (Å²) >= 11 is 0. The molecule has 0 unspecified atom stereocenters. The summed E-state index contributed by atoms with van der Waals surface area (Å²) in [4.78, 5) is 10.0. The molecule has 0 aliphatic rings. The second kappa shape index (κ2) is 3.88. The maximum absolute atomic E-state index is 10.0. The molecule has 0 saturated heterocycles. The van der Waals surface area contributed by atoms with Crippen molar-refractivity contribution in [1.82, 2.24) is 0 Å². The summed E-state index contributed by atoms with van der Waals surface area (Å²) in [5.74, 6) is -0.757. The van der Waals surface area contributed by atoms with Gasteiger partial charge in [0.25, 0.3) is 0 Å². The number of carboxylic acid groups (broad SMARTS) is 1. The predicted octanol–water partition coefficient (Wildman–Crippen LogP) is 0.201. The van der Waals surface area contributed by atoms with Crippen molar-refractivity contribution in [2.75, 3.05) is 0 Å². The zero-order valence-electron chi connectivity index (χ0n) is 4.86. The normalized spacial score (nSPS) is 9.88. The van der Waals surface area contributed by atoms with E-state index in [2.05, 4.69) is 0 Å². The van der Waals surface area contributed by atoms with Crippen LogP contribution in [0.4, 0.5) is 0 Å². The molecule has 0 spiro atoms. The molecule has 0 rings (SSSR count). The van der Waals surface area contributed by atoms with Crippen molar-refractivity contribution in [2.24, 2.45) is 5.41 Å². The van der Waals surface area contributed by atoms with Crippen molar-refractivity contribution in [3.05, 3.63) is 0 Å². The third kappa shape index (κ3) is 5.09. The molecule has 0 aliphatic carbocycles. The first-order valence-electron chi connectivity index (χ1n) is 2.18. The van der Waals surface area contributed by atoms with Crippen molar-refractivity contribution < 1.29 is 9.90 Å². The van der Waals surface area contributed by atoms with Gasteiger partial charge in [0.15, 0.2) is 0 Å². The summed E-state index contributed by atoms with van der Waals surface area (Å²) in [5, 5.41) is 8.25. The molecule has 0 aromatic heterocycles. The Labute approximate surface area is 86.5 Å². The Balaban J connectivity index is 0. The number of hydrogen-bond donors (Lipinski definition) is 1. The molecule has 8 heavy (non-hydrogen) atoms. The molecule has 0 aliphatic heterocycles. The fourth-order valence-corrected chi connectivity index (χ4v) is 0. The molecule has 0 atom stereocenters. The molecule has 46 valence electrons. The Morgan fingerprint density at radius 1 is 1.38 bits per heavy atom. The monoisotopic (exact) mass is 192 g/mol. The van der Waals surface area contributed by atoms with Gasteiger partial charge in [-0.2, -0.15) is 0 Å². The van der Waals surface area contributed by atoms with Crippen LogP contribution in [-0.2, 0) is 4.79 Å². The standard InChI is InChI=1S/C5H10O2.Sr.2H/c1-5(2,3)4(6)7;;;/h1-3H3,(H,6,7);;;. The van der Waals surface area contributed by atoms with Crippen LogP contribution in [0.5, 0.6) is 0 Å². The molecule has 0 fully saturated rings. The molecule has 0 amide bonds. The van der Waals surface area contributed by atoms with Gasteiger partial charge in [-0.1, -0.05) is 0 Å². The summed E-state index contributed by atoms with van der Waals surface area (Å²) < 4.78 is 0. The van der Waals surface area contributed by atoms with Crippen molar-refractivity contribution >= 4 is 51.5 Å². The van der Waals surface area contributed by atoms with E-state index in [4.69, 9.17) is 5.11 Å². The van der Waals surface area contributed by atoms with Crippen molar-refractivity contribution in [2.45, 2.75) is 20.8 Å². The van der Waals surface area contributed by atoms with Crippen LogP contribution in [-0.4, -0.2) is 56.6 Å². The van der Waals surface area contributed by atoms with Crippen LogP contribution in [0.3, 0.4) is 0 Å². The Morgan fingerprint density at radius 2 is 1.50 bits per heavy atom. The van der Waals surface area contributed by atoms with Gasteiger partial charge in [0.1, 0.15) is 0 Å². The number of rotatable bonds is 0. The zero-order valence-corrected chi connectivity index (χ0v) is 4.86. The van der Waals surface area contributed by atoms with Gasteiger partial charge in [0.2, 0.25) is 0 Å². The number of aliphatic carboxylic acids is 1. The molecule has 3 heteroatoms. The molecule has 0 radical (unpaired) electrons.